The summed E-state index contributed by atoms with van der Waals surface area (Å²) in [6, 6.07) is 1.81. The van der Waals surface area contributed by atoms with Gasteiger partial charge in [-0.25, -0.2) is 4.79 Å². The van der Waals surface area contributed by atoms with E-state index in [-0.39, 0.29) is 0 Å². The summed E-state index contributed by atoms with van der Waals surface area (Å²) in [4.78, 5) is 24.7. The van der Waals surface area contributed by atoms with E-state index in [1.165, 1.54) is 10.8 Å². The van der Waals surface area contributed by atoms with Gasteiger partial charge in [-0.05, 0) is 22.0 Å². The van der Waals surface area contributed by atoms with Crippen LogP contribution in [0.3, 0.4) is 0 Å². The molecule has 0 amide bonds. The fraction of sp³-hybridized carbons (Fsp3) is 0.222. The summed E-state index contributed by atoms with van der Waals surface area (Å²) >= 11 is 3.07. The van der Waals surface area contributed by atoms with Crippen molar-refractivity contribution in [2.45, 2.75) is 13.1 Å². The maximum Gasteiger partial charge on any atom is 0.328 e. The van der Waals surface area contributed by atoms with Crippen molar-refractivity contribution >= 4 is 15.9 Å². The van der Waals surface area contributed by atoms with Crippen LogP contribution in [0.15, 0.2) is 38.7 Å². The zero-order valence-corrected chi connectivity index (χ0v) is 9.85. The number of aromatic amines is 1. The minimum Gasteiger partial charge on any atom is -0.298 e. The molecule has 6 nitrogen and oxygen atoms in total. The molecule has 0 atom stereocenters. The van der Waals surface area contributed by atoms with Crippen molar-refractivity contribution in [1.82, 2.24) is 19.3 Å². The van der Waals surface area contributed by atoms with E-state index in [9.17, 15) is 9.59 Å². The Bertz CT molecular complexity index is 584. The molecule has 0 bridgehead atoms. The van der Waals surface area contributed by atoms with Gasteiger partial charge in [0.1, 0.15) is 0 Å². The minimum atomic E-state index is -0.416. The quantitative estimate of drug-likeness (QED) is 0.875. The SMILES string of the molecule is O=c1[nH]c(=O)n(CCn2cccn2)cc1Br. The van der Waals surface area contributed by atoms with Gasteiger partial charge in [-0.15, -0.1) is 0 Å². The van der Waals surface area contributed by atoms with E-state index in [1.807, 2.05) is 12.3 Å². The fourth-order valence-corrected chi connectivity index (χ4v) is 1.64. The van der Waals surface area contributed by atoms with Crippen molar-refractivity contribution in [3.05, 3.63) is 50.0 Å². The first-order valence-electron chi connectivity index (χ1n) is 4.63. The smallest absolute Gasteiger partial charge is 0.298 e. The van der Waals surface area contributed by atoms with Crippen molar-refractivity contribution < 1.29 is 0 Å². The molecule has 0 radical (unpaired) electrons. The molecule has 16 heavy (non-hydrogen) atoms. The van der Waals surface area contributed by atoms with Crippen LogP contribution in [0.1, 0.15) is 0 Å². The number of rotatable bonds is 3. The molecule has 84 valence electrons. The highest BCUT2D eigenvalue weighted by Gasteiger charge is 2.01. The molecule has 7 heteroatoms. The van der Waals surface area contributed by atoms with Gasteiger partial charge in [0, 0.05) is 25.1 Å². The second-order valence-corrected chi connectivity index (χ2v) is 4.05. The Kier molecular flexibility index (Phi) is 3.04. The molecule has 0 saturated carbocycles. The number of H-pyrrole nitrogens is 1. The Labute approximate surface area is 98.7 Å². The second-order valence-electron chi connectivity index (χ2n) is 3.20. The van der Waals surface area contributed by atoms with E-state index in [0.717, 1.165) is 0 Å². The van der Waals surface area contributed by atoms with E-state index in [0.29, 0.717) is 17.6 Å². The fourth-order valence-electron chi connectivity index (χ4n) is 1.29. The Morgan fingerprint density at radius 3 is 2.88 bits per heavy atom. The second kappa shape index (κ2) is 4.48. The average Bonchev–Trinajstić information content (AvgIpc) is 2.74. The lowest BCUT2D eigenvalue weighted by Crippen LogP contribution is -2.30. The van der Waals surface area contributed by atoms with Gasteiger partial charge in [-0.2, -0.15) is 5.10 Å². The lowest BCUT2D eigenvalue weighted by atomic mass is 10.5. The first-order valence-corrected chi connectivity index (χ1v) is 5.43. The molecule has 2 heterocycles. The van der Waals surface area contributed by atoms with E-state index < -0.39 is 11.2 Å². The molecule has 1 N–H and O–H groups in total. The maximum atomic E-state index is 11.4. The van der Waals surface area contributed by atoms with Gasteiger partial charge >= 0.3 is 5.69 Å². The Hall–Kier alpha value is -1.63. The van der Waals surface area contributed by atoms with E-state index >= 15 is 0 Å². The third-order valence-corrected chi connectivity index (χ3v) is 2.66. The van der Waals surface area contributed by atoms with Gasteiger partial charge in [-0.3, -0.25) is 19.0 Å². The highest BCUT2D eigenvalue weighted by atomic mass is 79.9. The molecule has 0 aliphatic heterocycles. The molecule has 0 saturated heterocycles. The van der Waals surface area contributed by atoms with Crippen LogP contribution in [-0.2, 0) is 13.1 Å². The predicted octanol–water partition coefficient (Wildman–Crippen LogP) is 0.196. The van der Waals surface area contributed by atoms with Crippen LogP contribution in [0.4, 0.5) is 0 Å². The zero-order valence-electron chi connectivity index (χ0n) is 8.26. The largest absolute Gasteiger partial charge is 0.328 e. The number of hydrogen-bond donors (Lipinski definition) is 1. The summed E-state index contributed by atoms with van der Waals surface area (Å²) in [5, 5.41) is 4.02. The van der Waals surface area contributed by atoms with Crippen molar-refractivity contribution in [3.63, 3.8) is 0 Å². The lowest BCUT2D eigenvalue weighted by Gasteiger charge is -2.05. The number of aryl methyl sites for hydroxylation is 2. The van der Waals surface area contributed by atoms with Crippen LogP contribution in [0.5, 0.6) is 0 Å². The molecule has 0 spiro atoms. The minimum absolute atomic E-state index is 0.340. The highest BCUT2D eigenvalue weighted by molar-refractivity contribution is 9.10. The highest BCUT2D eigenvalue weighted by Crippen LogP contribution is 1.98. The number of halogens is 1. The summed E-state index contributed by atoms with van der Waals surface area (Å²) in [5.74, 6) is 0. The molecule has 0 aliphatic carbocycles. The van der Waals surface area contributed by atoms with Crippen LogP contribution in [0, 0.1) is 0 Å². The molecule has 0 aliphatic rings. The van der Waals surface area contributed by atoms with Gasteiger partial charge in [-0.1, -0.05) is 0 Å². The topological polar surface area (TPSA) is 72.7 Å². The summed E-state index contributed by atoms with van der Waals surface area (Å²) in [6.07, 6.45) is 4.96. The number of nitrogens with zero attached hydrogens (tertiary/aromatic N) is 3. The number of aromatic nitrogens is 4. The van der Waals surface area contributed by atoms with Gasteiger partial charge in [0.25, 0.3) is 5.56 Å². The third kappa shape index (κ3) is 2.30. The van der Waals surface area contributed by atoms with E-state index in [2.05, 4.69) is 26.0 Å². The first kappa shape index (κ1) is 10.9. The lowest BCUT2D eigenvalue weighted by molar-refractivity contribution is 0.515. The molecule has 2 aromatic rings. The Morgan fingerprint density at radius 1 is 1.38 bits per heavy atom. The predicted molar refractivity (Wildman–Crippen MR) is 61.2 cm³/mol. The molecular weight excluding hydrogens is 276 g/mol. The normalized spacial score (nSPS) is 10.6. The van der Waals surface area contributed by atoms with Crippen molar-refractivity contribution in [1.29, 1.82) is 0 Å². The first-order chi connectivity index (χ1) is 7.66. The number of hydrogen-bond acceptors (Lipinski definition) is 3. The third-order valence-electron chi connectivity index (χ3n) is 2.10. The molecule has 2 aromatic heterocycles. The summed E-state index contributed by atoms with van der Waals surface area (Å²) < 4.78 is 3.48. The van der Waals surface area contributed by atoms with E-state index in [1.54, 1.807) is 10.9 Å². The Morgan fingerprint density at radius 2 is 2.19 bits per heavy atom. The van der Waals surface area contributed by atoms with Gasteiger partial charge in [0.2, 0.25) is 0 Å². The van der Waals surface area contributed by atoms with Crippen LogP contribution in [-0.4, -0.2) is 19.3 Å². The van der Waals surface area contributed by atoms with Gasteiger partial charge in [0.05, 0.1) is 11.0 Å². The molecular formula is C9H9BrN4O2. The summed E-state index contributed by atoms with van der Waals surface area (Å²) in [6.45, 7) is 1.03. The maximum absolute atomic E-state index is 11.4. The standard InChI is InChI=1S/C9H9BrN4O2/c10-7-6-13(9(16)12-8(7)15)4-5-14-3-1-2-11-14/h1-3,6H,4-5H2,(H,12,15,16). The van der Waals surface area contributed by atoms with Crippen LogP contribution in [0.25, 0.3) is 0 Å². The summed E-state index contributed by atoms with van der Waals surface area (Å²) in [5.41, 5.74) is -0.833. The molecule has 2 rings (SSSR count). The van der Waals surface area contributed by atoms with Crippen molar-refractivity contribution in [3.8, 4) is 0 Å². The van der Waals surface area contributed by atoms with Crippen LogP contribution in [0.2, 0.25) is 0 Å². The summed E-state index contributed by atoms with van der Waals surface area (Å²) in [7, 11) is 0. The zero-order chi connectivity index (χ0) is 11.5. The van der Waals surface area contributed by atoms with E-state index in [4.69, 9.17) is 0 Å². The molecule has 0 unspecified atom stereocenters. The Balaban J connectivity index is 2.19. The monoisotopic (exact) mass is 284 g/mol. The molecule has 0 fully saturated rings. The van der Waals surface area contributed by atoms with Crippen LogP contribution < -0.4 is 11.2 Å². The van der Waals surface area contributed by atoms with Gasteiger partial charge in [0.15, 0.2) is 0 Å². The van der Waals surface area contributed by atoms with Crippen molar-refractivity contribution in [2.75, 3.05) is 0 Å². The van der Waals surface area contributed by atoms with Crippen molar-refractivity contribution in [2.24, 2.45) is 0 Å². The average molecular weight is 285 g/mol. The number of nitrogens with one attached hydrogen (secondary N) is 1. The van der Waals surface area contributed by atoms with Gasteiger partial charge < -0.3 is 0 Å². The molecule has 0 aromatic carbocycles. The van der Waals surface area contributed by atoms with Crippen LogP contribution >= 0.6 is 15.9 Å².